The van der Waals surface area contributed by atoms with E-state index in [1.807, 2.05) is 69.5 Å². The molecule has 6 nitrogen and oxygen atoms in total. The van der Waals surface area contributed by atoms with Crippen molar-refractivity contribution in [2.75, 3.05) is 27.2 Å². The molecule has 0 saturated heterocycles. The highest BCUT2D eigenvalue weighted by atomic mass is 16.5. The zero-order valence-electron chi connectivity index (χ0n) is 18.4. The summed E-state index contributed by atoms with van der Waals surface area (Å²) in [6.07, 6.45) is 0.0534. The quantitative estimate of drug-likeness (QED) is 0.590. The molecule has 0 atom stereocenters. The third-order valence-electron chi connectivity index (χ3n) is 4.13. The van der Waals surface area contributed by atoms with E-state index in [2.05, 4.69) is 13.8 Å². The summed E-state index contributed by atoms with van der Waals surface area (Å²) < 4.78 is 19.5. The van der Waals surface area contributed by atoms with E-state index in [-0.39, 0.29) is 24.2 Å². The van der Waals surface area contributed by atoms with Crippen molar-refractivity contribution in [3.05, 3.63) is 23.9 Å². The molecular formula is C22H34N2O4. The molecule has 0 aliphatic rings. The van der Waals surface area contributed by atoms with Crippen molar-refractivity contribution in [3.8, 4) is 11.5 Å². The Morgan fingerprint density at radius 3 is 2.18 bits per heavy atom. The molecule has 0 amide bonds. The SMILES string of the molecule is CC(C)Oc1cc(OC(C)C)c2cc(C(=O)OCCN(C)C)n(C(C)C)c2c1. The van der Waals surface area contributed by atoms with Gasteiger partial charge in [0.25, 0.3) is 0 Å². The van der Waals surface area contributed by atoms with Crippen molar-refractivity contribution in [1.82, 2.24) is 9.47 Å². The minimum atomic E-state index is -0.325. The Bertz CT molecular complexity index is 806. The Morgan fingerprint density at radius 2 is 1.64 bits per heavy atom. The lowest BCUT2D eigenvalue weighted by Gasteiger charge is -2.18. The van der Waals surface area contributed by atoms with Gasteiger partial charge < -0.3 is 23.7 Å². The lowest BCUT2D eigenvalue weighted by molar-refractivity contribution is 0.0468. The van der Waals surface area contributed by atoms with Gasteiger partial charge in [0.15, 0.2) is 0 Å². The molecule has 28 heavy (non-hydrogen) atoms. The maximum atomic E-state index is 12.8. The summed E-state index contributed by atoms with van der Waals surface area (Å²) in [6.45, 7) is 13.1. The predicted molar refractivity (Wildman–Crippen MR) is 113 cm³/mol. The van der Waals surface area contributed by atoms with Crippen LogP contribution in [0.2, 0.25) is 0 Å². The van der Waals surface area contributed by atoms with Crippen LogP contribution >= 0.6 is 0 Å². The standard InChI is InChI=1S/C22H34N2O4/c1-14(2)24-19-11-17(27-15(3)4)12-21(28-16(5)6)18(19)13-20(24)22(25)26-10-9-23(7)8/h11-16H,9-10H2,1-8H3. The number of esters is 1. The fraction of sp³-hybridized carbons (Fsp3) is 0.591. The first-order valence-corrected chi connectivity index (χ1v) is 9.94. The van der Waals surface area contributed by atoms with Crippen molar-refractivity contribution in [1.29, 1.82) is 0 Å². The normalized spacial score (nSPS) is 11.9. The number of carbonyl (C=O) groups excluding carboxylic acids is 1. The molecule has 6 heteroatoms. The molecule has 0 unspecified atom stereocenters. The maximum Gasteiger partial charge on any atom is 0.355 e. The lowest BCUT2D eigenvalue weighted by atomic mass is 10.2. The Hall–Kier alpha value is -2.21. The number of likely N-dealkylation sites (N-methyl/N-ethyl adjacent to an activating group) is 1. The summed E-state index contributed by atoms with van der Waals surface area (Å²) in [6, 6.07) is 5.81. The number of ether oxygens (including phenoxy) is 3. The van der Waals surface area contributed by atoms with Crippen molar-refractivity contribution in [3.63, 3.8) is 0 Å². The van der Waals surface area contributed by atoms with Crippen molar-refractivity contribution in [2.24, 2.45) is 0 Å². The zero-order valence-corrected chi connectivity index (χ0v) is 18.4. The van der Waals surface area contributed by atoms with Crippen LogP contribution in [-0.4, -0.2) is 54.9 Å². The third-order valence-corrected chi connectivity index (χ3v) is 4.13. The third kappa shape index (κ3) is 5.41. The van der Waals surface area contributed by atoms with Crippen molar-refractivity contribution < 1.29 is 19.0 Å². The highest BCUT2D eigenvalue weighted by Crippen LogP contribution is 2.36. The van der Waals surface area contributed by atoms with Crippen LogP contribution in [0.15, 0.2) is 18.2 Å². The van der Waals surface area contributed by atoms with Crippen LogP contribution < -0.4 is 9.47 Å². The van der Waals surface area contributed by atoms with E-state index in [1.54, 1.807) is 0 Å². The smallest absolute Gasteiger partial charge is 0.355 e. The van der Waals surface area contributed by atoms with Crippen LogP contribution in [-0.2, 0) is 4.74 Å². The van der Waals surface area contributed by atoms with E-state index in [4.69, 9.17) is 14.2 Å². The predicted octanol–water partition coefficient (Wildman–Crippen LogP) is 4.52. The van der Waals surface area contributed by atoms with Crippen LogP contribution in [0, 0.1) is 0 Å². The molecule has 0 spiro atoms. The van der Waals surface area contributed by atoms with Crippen molar-refractivity contribution >= 4 is 16.9 Å². The van der Waals surface area contributed by atoms with E-state index in [0.29, 0.717) is 24.6 Å². The van der Waals surface area contributed by atoms with Gasteiger partial charge in [0.1, 0.15) is 23.8 Å². The topological polar surface area (TPSA) is 52.9 Å². The first kappa shape index (κ1) is 22.1. The number of hydrogen-bond donors (Lipinski definition) is 0. The Labute approximate surface area is 168 Å². The van der Waals surface area contributed by atoms with E-state index in [0.717, 1.165) is 16.7 Å². The van der Waals surface area contributed by atoms with Gasteiger partial charge in [0, 0.05) is 30.1 Å². The monoisotopic (exact) mass is 390 g/mol. The molecule has 2 rings (SSSR count). The molecule has 0 fully saturated rings. The minimum absolute atomic E-state index is 0.00962. The van der Waals surface area contributed by atoms with E-state index < -0.39 is 0 Å². The second-order valence-electron chi connectivity index (χ2n) is 8.12. The molecule has 1 aromatic carbocycles. The van der Waals surface area contributed by atoms with Gasteiger partial charge in [-0.3, -0.25) is 0 Å². The molecule has 0 N–H and O–H groups in total. The average molecular weight is 391 g/mol. The second-order valence-corrected chi connectivity index (χ2v) is 8.12. The first-order valence-electron chi connectivity index (χ1n) is 9.94. The molecule has 0 radical (unpaired) electrons. The summed E-state index contributed by atoms with van der Waals surface area (Å²) >= 11 is 0. The number of carbonyl (C=O) groups is 1. The van der Waals surface area contributed by atoms with Crippen LogP contribution in [0.4, 0.5) is 0 Å². The summed E-state index contributed by atoms with van der Waals surface area (Å²) in [5.74, 6) is 1.11. The second kappa shape index (κ2) is 9.32. The lowest BCUT2D eigenvalue weighted by Crippen LogP contribution is -2.21. The zero-order chi connectivity index (χ0) is 21.0. The number of hydrogen-bond acceptors (Lipinski definition) is 5. The molecule has 1 heterocycles. The van der Waals surface area contributed by atoms with Crippen molar-refractivity contribution in [2.45, 2.75) is 59.8 Å². The largest absolute Gasteiger partial charge is 0.491 e. The Balaban J connectivity index is 2.55. The molecule has 156 valence electrons. The van der Waals surface area contributed by atoms with Gasteiger partial charge in [0.05, 0.1) is 17.7 Å². The van der Waals surface area contributed by atoms with Gasteiger partial charge in [-0.15, -0.1) is 0 Å². The highest BCUT2D eigenvalue weighted by Gasteiger charge is 2.22. The summed E-state index contributed by atoms with van der Waals surface area (Å²) in [5.41, 5.74) is 1.43. The highest BCUT2D eigenvalue weighted by molar-refractivity contribution is 5.98. The number of benzene rings is 1. The summed E-state index contributed by atoms with van der Waals surface area (Å²) in [4.78, 5) is 14.8. The molecule has 0 saturated carbocycles. The maximum absolute atomic E-state index is 12.8. The fourth-order valence-electron chi connectivity index (χ4n) is 3.07. The average Bonchev–Trinajstić information content (AvgIpc) is 2.93. The Morgan fingerprint density at radius 1 is 1.00 bits per heavy atom. The molecule has 2 aromatic rings. The number of nitrogens with zero attached hydrogens (tertiary/aromatic N) is 2. The fourth-order valence-corrected chi connectivity index (χ4v) is 3.07. The molecule has 0 aliphatic carbocycles. The van der Waals surface area contributed by atoms with Gasteiger partial charge in [0.2, 0.25) is 0 Å². The van der Waals surface area contributed by atoms with E-state index >= 15 is 0 Å². The summed E-state index contributed by atoms with van der Waals surface area (Å²) in [5, 5.41) is 0.887. The number of rotatable bonds is 9. The molecule has 0 bridgehead atoms. The minimum Gasteiger partial charge on any atom is -0.491 e. The first-order chi connectivity index (χ1) is 13.1. The van der Waals surface area contributed by atoms with Gasteiger partial charge in [-0.2, -0.15) is 0 Å². The molecule has 1 aromatic heterocycles. The molecule has 0 aliphatic heterocycles. The number of aromatic nitrogens is 1. The van der Waals surface area contributed by atoms with Gasteiger partial charge in [-0.1, -0.05) is 0 Å². The van der Waals surface area contributed by atoms with Crippen LogP contribution in [0.3, 0.4) is 0 Å². The van der Waals surface area contributed by atoms with Gasteiger partial charge >= 0.3 is 5.97 Å². The Kier molecular flexibility index (Phi) is 7.35. The van der Waals surface area contributed by atoms with Gasteiger partial charge in [-0.05, 0) is 61.7 Å². The molecular weight excluding hydrogens is 356 g/mol. The van der Waals surface area contributed by atoms with Crippen LogP contribution in [0.25, 0.3) is 10.9 Å². The van der Waals surface area contributed by atoms with Crippen LogP contribution in [0.1, 0.15) is 58.1 Å². The summed E-state index contributed by atoms with van der Waals surface area (Å²) in [7, 11) is 3.90. The number of fused-ring (bicyclic) bond motifs is 1. The van der Waals surface area contributed by atoms with Crippen LogP contribution in [0.5, 0.6) is 11.5 Å². The van der Waals surface area contributed by atoms with E-state index in [9.17, 15) is 4.79 Å². The van der Waals surface area contributed by atoms with Gasteiger partial charge in [-0.25, -0.2) is 4.79 Å². The van der Waals surface area contributed by atoms with E-state index in [1.165, 1.54) is 0 Å².